The summed E-state index contributed by atoms with van der Waals surface area (Å²) in [5.74, 6) is -1.09. The van der Waals surface area contributed by atoms with Crippen molar-refractivity contribution in [1.29, 1.82) is 0 Å². The molecule has 0 aliphatic carbocycles. The van der Waals surface area contributed by atoms with Gasteiger partial charge in [0.15, 0.2) is 0 Å². The number of rotatable bonds is 6. The van der Waals surface area contributed by atoms with Crippen molar-refractivity contribution in [2.24, 2.45) is 0 Å². The van der Waals surface area contributed by atoms with Crippen LogP contribution in [0.4, 0.5) is 0 Å². The van der Waals surface area contributed by atoms with Gasteiger partial charge < -0.3 is 9.84 Å². The van der Waals surface area contributed by atoms with Gasteiger partial charge in [-0.05, 0) is 17.5 Å². The minimum atomic E-state index is -0.804. The number of carboxylic acid groups (broad SMARTS) is 1. The third kappa shape index (κ3) is 5.30. The van der Waals surface area contributed by atoms with Crippen LogP contribution in [0.5, 0.6) is 0 Å². The summed E-state index contributed by atoms with van der Waals surface area (Å²) in [5.41, 5.74) is 1.92. The molecule has 0 spiro atoms. The van der Waals surface area contributed by atoms with Gasteiger partial charge in [0.25, 0.3) is 0 Å². The molecule has 1 aromatic carbocycles. The Balaban J connectivity index is 2.58. The Bertz CT molecular complexity index is 449. The van der Waals surface area contributed by atoms with Crippen molar-refractivity contribution in [2.45, 2.75) is 19.3 Å². The maximum atomic E-state index is 10.9. The van der Waals surface area contributed by atoms with Crippen LogP contribution in [0.1, 0.15) is 24.0 Å². The summed E-state index contributed by atoms with van der Waals surface area (Å²) in [7, 11) is 1.35. The Morgan fingerprint density at radius 1 is 1.39 bits per heavy atom. The molecule has 0 fully saturated rings. The predicted octanol–water partition coefficient (Wildman–Crippen LogP) is 2.28. The standard InChI is InChI=1S/C14H16O4/c1-18-14(17)7-3-6-11-4-2-5-12(10-11)8-9-13(15)16/h2-6,10H,7-9H2,1H3,(H,15,16). The summed E-state index contributed by atoms with van der Waals surface area (Å²) >= 11 is 0. The molecule has 1 aromatic rings. The maximum Gasteiger partial charge on any atom is 0.309 e. The molecule has 0 atom stereocenters. The van der Waals surface area contributed by atoms with Crippen LogP contribution in [0.3, 0.4) is 0 Å². The van der Waals surface area contributed by atoms with Crippen LogP contribution in [0, 0.1) is 0 Å². The molecule has 4 nitrogen and oxygen atoms in total. The third-order valence-corrected chi connectivity index (χ3v) is 2.40. The fourth-order valence-corrected chi connectivity index (χ4v) is 1.48. The van der Waals surface area contributed by atoms with E-state index in [1.807, 2.05) is 30.3 Å². The second-order valence-electron chi connectivity index (χ2n) is 3.82. The zero-order chi connectivity index (χ0) is 13.4. The van der Waals surface area contributed by atoms with E-state index >= 15 is 0 Å². The van der Waals surface area contributed by atoms with Crippen LogP contribution in [0.2, 0.25) is 0 Å². The monoisotopic (exact) mass is 248 g/mol. The second kappa shape index (κ2) is 7.27. The third-order valence-electron chi connectivity index (χ3n) is 2.40. The van der Waals surface area contributed by atoms with Gasteiger partial charge in [-0.2, -0.15) is 0 Å². The Morgan fingerprint density at radius 2 is 2.17 bits per heavy atom. The molecular weight excluding hydrogens is 232 g/mol. The zero-order valence-electron chi connectivity index (χ0n) is 10.3. The van der Waals surface area contributed by atoms with E-state index in [9.17, 15) is 9.59 Å². The van der Waals surface area contributed by atoms with Gasteiger partial charge in [-0.3, -0.25) is 9.59 Å². The van der Waals surface area contributed by atoms with Crippen molar-refractivity contribution in [3.05, 3.63) is 41.5 Å². The lowest BCUT2D eigenvalue weighted by atomic mass is 10.1. The summed E-state index contributed by atoms with van der Waals surface area (Å²) in [6.07, 6.45) is 4.41. The first-order valence-electron chi connectivity index (χ1n) is 5.66. The highest BCUT2D eigenvalue weighted by Gasteiger charge is 1.99. The molecular formula is C14H16O4. The number of aliphatic carboxylic acids is 1. The van der Waals surface area contributed by atoms with E-state index in [-0.39, 0.29) is 18.8 Å². The lowest BCUT2D eigenvalue weighted by Gasteiger charge is -2.00. The molecule has 96 valence electrons. The van der Waals surface area contributed by atoms with Crippen LogP contribution < -0.4 is 0 Å². The van der Waals surface area contributed by atoms with Gasteiger partial charge in [0.2, 0.25) is 0 Å². The topological polar surface area (TPSA) is 63.6 Å². The van der Waals surface area contributed by atoms with E-state index in [0.29, 0.717) is 6.42 Å². The van der Waals surface area contributed by atoms with Gasteiger partial charge in [-0.1, -0.05) is 36.4 Å². The molecule has 18 heavy (non-hydrogen) atoms. The number of carbonyl (C=O) groups excluding carboxylic acids is 1. The first-order chi connectivity index (χ1) is 8.61. The number of ether oxygens (including phenoxy) is 1. The lowest BCUT2D eigenvalue weighted by Crippen LogP contribution is -1.97. The van der Waals surface area contributed by atoms with Gasteiger partial charge in [-0.25, -0.2) is 0 Å². The highest BCUT2D eigenvalue weighted by atomic mass is 16.5. The van der Waals surface area contributed by atoms with E-state index in [1.54, 1.807) is 6.08 Å². The number of esters is 1. The predicted molar refractivity (Wildman–Crippen MR) is 68.1 cm³/mol. The van der Waals surface area contributed by atoms with E-state index in [4.69, 9.17) is 5.11 Å². The molecule has 0 radical (unpaired) electrons. The van der Waals surface area contributed by atoms with Crippen LogP contribution in [-0.2, 0) is 20.7 Å². The Kier molecular flexibility index (Phi) is 5.64. The quantitative estimate of drug-likeness (QED) is 0.784. The summed E-state index contributed by atoms with van der Waals surface area (Å²) in [6.45, 7) is 0. The fourth-order valence-electron chi connectivity index (χ4n) is 1.48. The normalized spacial score (nSPS) is 10.5. The average molecular weight is 248 g/mol. The number of hydrogen-bond acceptors (Lipinski definition) is 3. The van der Waals surface area contributed by atoms with Crippen LogP contribution >= 0.6 is 0 Å². The molecule has 0 saturated carbocycles. The molecule has 4 heteroatoms. The summed E-state index contributed by atoms with van der Waals surface area (Å²) in [6, 6.07) is 7.57. The molecule has 1 N–H and O–H groups in total. The number of carbonyl (C=O) groups is 2. The van der Waals surface area contributed by atoms with Crippen molar-refractivity contribution >= 4 is 18.0 Å². The lowest BCUT2D eigenvalue weighted by molar-refractivity contribution is -0.139. The summed E-state index contributed by atoms with van der Waals surface area (Å²) in [4.78, 5) is 21.4. The van der Waals surface area contributed by atoms with Gasteiger partial charge in [-0.15, -0.1) is 0 Å². The van der Waals surface area contributed by atoms with Crippen molar-refractivity contribution in [3.63, 3.8) is 0 Å². The van der Waals surface area contributed by atoms with Crippen molar-refractivity contribution in [1.82, 2.24) is 0 Å². The van der Waals surface area contributed by atoms with E-state index in [1.165, 1.54) is 7.11 Å². The number of benzene rings is 1. The molecule has 0 aliphatic rings. The van der Waals surface area contributed by atoms with Crippen molar-refractivity contribution < 1.29 is 19.4 Å². The zero-order valence-corrected chi connectivity index (χ0v) is 10.3. The highest BCUT2D eigenvalue weighted by Crippen LogP contribution is 2.09. The maximum absolute atomic E-state index is 10.9. The first-order valence-corrected chi connectivity index (χ1v) is 5.66. The van der Waals surface area contributed by atoms with Crippen LogP contribution in [-0.4, -0.2) is 24.2 Å². The van der Waals surface area contributed by atoms with Gasteiger partial charge in [0.05, 0.1) is 13.5 Å². The fraction of sp³-hybridized carbons (Fsp3) is 0.286. The minimum absolute atomic E-state index is 0.120. The summed E-state index contributed by atoms with van der Waals surface area (Å²) < 4.78 is 4.52. The second-order valence-corrected chi connectivity index (χ2v) is 3.82. The first kappa shape index (κ1) is 14.0. The molecule has 0 saturated heterocycles. The molecule has 0 aromatic heterocycles. The largest absolute Gasteiger partial charge is 0.481 e. The number of hydrogen-bond donors (Lipinski definition) is 1. The molecule has 1 rings (SSSR count). The number of aryl methyl sites for hydroxylation is 1. The van der Waals surface area contributed by atoms with E-state index < -0.39 is 5.97 Å². The molecule has 0 amide bonds. The number of carboxylic acids is 1. The van der Waals surface area contributed by atoms with Gasteiger partial charge in [0, 0.05) is 6.42 Å². The Hall–Kier alpha value is -2.10. The van der Waals surface area contributed by atoms with Gasteiger partial charge in [0.1, 0.15) is 0 Å². The molecule has 0 heterocycles. The number of methoxy groups -OCH3 is 1. The van der Waals surface area contributed by atoms with Crippen molar-refractivity contribution in [2.75, 3.05) is 7.11 Å². The van der Waals surface area contributed by atoms with Crippen LogP contribution in [0.15, 0.2) is 30.3 Å². The van der Waals surface area contributed by atoms with E-state index in [0.717, 1.165) is 11.1 Å². The van der Waals surface area contributed by atoms with Crippen LogP contribution in [0.25, 0.3) is 6.08 Å². The minimum Gasteiger partial charge on any atom is -0.481 e. The summed E-state index contributed by atoms with van der Waals surface area (Å²) in [5, 5.41) is 8.61. The van der Waals surface area contributed by atoms with E-state index in [2.05, 4.69) is 4.74 Å². The average Bonchev–Trinajstić information content (AvgIpc) is 2.36. The molecule has 0 unspecified atom stereocenters. The molecule has 0 aliphatic heterocycles. The Morgan fingerprint density at radius 3 is 2.83 bits per heavy atom. The van der Waals surface area contributed by atoms with Gasteiger partial charge >= 0.3 is 11.9 Å². The SMILES string of the molecule is COC(=O)CC=Cc1cccc(CCC(=O)O)c1. The smallest absolute Gasteiger partial charge is 0.309 e. The van der Waals surface area contributed by atoms with Crippen molar-refractivity contribution in [3.8, 4) is 0 Å². The highest BCUT2D eigenvalue weighted by molar-refractivity contribution is 5.72. The molecule has 0 bridgehead atoms. The Labute approximate surface area is 106 Å².